The number of aliphatic hydroxyl groups is 1. The Balaban J connectivity index is 2.44. The van der Waals surface area contributed by atoms with E-state index in [4.69, 9.17) is 11.6 Å². The Kier molecular flexibility index (Phi) is 3.82. The molecule has 0 aliphatic carbocycles. The van der Waals surface area contributed by atoms with Gasteiger partial charge in [-0.25, -0.2) is 4.98 Å². The van der Waals surface area contributed by atoms with Crippen LogP contribution < -0.4 is 5.32 Å². The molecule has 2 aromatic rings. The molecule has 2 rings (SSSR count). The maximum atomic E-state index is 9.21. The minimum absolute atomic E-state index is 0.00405. The number of nitrogens with zero attached hydrogens (tertiary/aromatic N) is 1. The Morgan fingerprint density at radius 2 is 2.18 bits per heavy atom. The summed E-state index contributed by atoms with van der Waals surface area (Å²) < 4.78 is 0. The van der Waals surface area contributed by atoms with Gasteiger partial charge in [0.1, 0.15) is 11.0 Å². The molecule has 2 N–H and O–H groups in total. The van der Waals surface area contributed by atoms with Crippen molar-refractivity contribution in [2.24, 2.45) is 0 Å². The van der Waals surface area contributed by atoms with E-state index in [-0.39, 0.29) is 12.6 Å². The number of anilines is 1. The van der Waals surface area contributed by atoms with Gasteiger partial charge in [0, 0.05) is 5.39 Å². The van der Waals surface area contributed by atoms with Crippen molar-refractivity contribution in [2.75, 3.05) is 11.9 Å². The number of hydrogen-bond acceptors (Lipinski definition) is 3. The molecule has 0 spiro atoms. The molecule has 3 nitrogen and oxygen atoms in total. The van der Waals surface area contributed by atoms with E-state index in [2.05, 4.69) is 10.3 Å². The monoisotopic (exact) mass is 250 g/mol. The van der Waals surface area contributed by atoms with E-state index in [1.165, 1.54) is 0 Å². The quantitative estimate of drug-likeness (QED) is 0.820. The highest BCUT2D eigenvalue weighted by atomic mass is 35.5. The molecule has 17 heavy (non-hydrogen) atoms. The van der Waals surface area contributed by atoms with Crippen molar-refractivity contribution in [1.82, 2.24) is 4.98 Å². The summed E-state index contributed by atoms with van der Waals surface area (Å²) in [6.45, 7) is 2.10. The summed E-state index contributed by atoms with van der Waals surface area (Å²) in [5.74, 6) is 0.731. The molecule has 1 aromatic heterocycles. The van der Waals surface area contributed by atoms with Crippen LogP contribution in [0.1, 0.15) is 13.3 Å². The van der Waals surface area contributed by atoms with Gasteiger partial charge in [0.25, 0.3) is 0 Å². The van der Waals surface area contributed by atoms with Crippen molar-refractivity contribution in [3.05, 3.63) is 35.5 Å². The summed E-state index contributed by atoms with van der Waals surface area (Å²) in [6, 6.07) is 9.75. The third-order valence-electron chi connectivity index (χ3n) is 2.76. The van der Waals surface area contributed by atoms with E-state index < -0.39 is 0 Å². The first kappa shape index (κ1) is 12.1. The van der Waals surface area contributed by atoms with Crippen LogP contribution in [0.25, 0.3) is 10.8 Å². The van der Waals surface area contributed by atoms with E-state index in [1.807, 2.05) is 37.3 Å². The van der Waals surface area contributed by atoms with Crippen LogP contribution in [0.2, 0.25) is 5.15 Å². The van der Waals surface area contributed by atoms with Gasteiger partial charge in [0.2, 0.25) is 0 Å². The van der Waals surface area contributed by atoms with Crippen molar-refractivity contribution in [1.29, 1.82) is 0 Å². The summed E-state index contributed by atoms with van der Waals surface area (Å²) in [7, 11) is 0. The van der Waals surface area contributed by atoms with E-state index in [9.17, 15) is 5.11 Å². The fourth-order valence-electron chi connectivity index (χ4n) is 1.75. The van der Waals surface area contributed by atoms with Crippen molar-refractivity contribution in [2.45, 2.75) is 19.4 Å². The molecule has 1 atom stereocenters. The van der Waals surface area contributed by atoms with Gasteiger partial charge in [-0.3, -0.25) is 0 Å². The second-order valence-corrected chi connectivity index (χ2v) is 4.33. The van der Waals surface area contributed by atoms with E-state index >= 15 is 0 Å². The smallest absolute Gasteiger partial charge is 0.135 e. The molecule has 0 aliphatic heterocycles. The fraction of sp³-hybridized carbons (Fsp3) is 0.308. The minimum Gasteiger partial charge on any atom is -0.394 e. The molecule has 4 heteroatoms. The van der Waals surface area contributed by atoms with Crippen LogP contribution in [0.4, 0.5) is 5.82 Å². The topological polar surface area (TPSA) is 45.1 Å². The number of benzene rings is 1. The first-order valence-electron chi connectivity index (χ1n) is 5.67. The zero-order valence-electron chi connectivity index (χ0n) is 9.65. The summed E-state index contributed by atoms with van der Waals surface area (Å²) in [4.78, 5) is 4.28. The number of halogens is 1. The highest BCUT2D eigenvalue weighted by Crippen LogP contribution is 2.25. The second-order valence-electron chi connectivity index (χ2n) is 3.95. The number of hydrogen-bond donors (Lipinski definition) is 2. The second kappa shape index (κ2) is 5.34. The van der Waals surface area contributed by atoms with E-state index in [1.54, 1.807) is 0 Å². The molecule has 0 bridgehead atoms. The fourth-order valence-corrected chi connectivity index (χ4v) is 1.95. The van der Waals surface area contributed by atoms with Crippen LogP contribution in [-0.4, -0.2) is 22.7 Å². The van der Waals surface area contributed by atoms with Crippen molar-refractivity contribution >= 4 is 28.2 Å². The molecule has 0 saturated heterocycles. The molecule has 1 heterocycles. The number of rotatable bonds is 4. The van der Waals surface area contributed by atoms with Crippen LogP contribution in [0.5, 0.6) is 0 Å². The number of fused-ring (bicyclic) bond motifs is 1. The largest absolute Gasteiger partial charge is 0.394 e. The standard InChI is InChI=1S/C13H15ClN2O/c1-2-10(8-17)15-13-11-6-4-3-5-9(11)7-12(14)16-13/h3-7,10,17H,2,8H2,1H3,(H,15,16). The first-order chi connectivity index (χ1) is 8.24. The number of pyridine rings is 1. The third-order valence-corrected chi connectivity index (χ3v) is 2.96. The molecule has 1 aromatic carbocycles. The minimum atomic E-state index is 0.00405. The van der Waals surface area contributed by atoms with Crippen LogP contribution in [-0.2, 0) is 0 Å². The lowest BCUT2D eigenvalue weighted by molar-refractivity contribution is 0.271. The normalized spacial score (nSPS) is 12.6. The van der Waals surface area contributed by atoms with E-state index in [0.717, 1.165) is 23.0 Å². The van der Waals surface area contributed by atoms with Gasteiger partial charge < -0.3 is 10.4 Å². The average Bonchev–Trinajstić information content (AvgIpc) is 2.35. The maximum absolute atomic E-state index is 9.21. The number of nitrogens with one attached hydrogen (secondary N) is 1. The van der Waals surface area contributed by atoms with Gasteiger partial charge in [-0.15, -0.1) is 0 Å². The summed E-state index contributed by atoms with van der Waals surface area (Å²) in [5, 5.41) is 14.9. The lowest BCUT2D eigenvalue weighted by Crippen LogP contribution is -2.23. The van der Waals surface area contributed by atoms with Crippen molar-refractivity contribution in [3.63, 3.8) is 0 Å². The number of aromatic nitrogens is 1. The van der Waals surface area contributed by atoms with Crippen LogP contribution in [0.3, 0.4) is 0 Å². The average molecular weight is 251 g/mol. The van der Waals surface area contributed by atoms with Crippen molar-refractivity contribution in [3.8, 4) is 0 Å². The number of aliphatic hydroxyl groups excluding tert-OH is 1. The maximum Gasteiger partial charge on any atom is 0.135 e. The van der Waals surface area contributed by atoms with Gasteiger partial charge in [-0.2, -0.15) is 0 Å². The van der Waals surface area contributed by atoms with E-state index in [0.29, 0.717) is 5.15 Å². The predicted molar refractivity (Wildman–Crippen MR) is 71.5 cm³/mol. The third kappa shape index (κ3) is 2.68. The first-order valence-corrected chi connectivity index (χ1v) is 6.05. The van der Waals surface area contributed by atoms with Gasteiger partial charge in [-0.05, 0) is 17.9 Å². The SMILES string of the molecule is CCC(CO)Nc1nc(Cl)cc2ccccc12. The summed E-state index contributed by atoms with van der Waals surface area (Å²) in [5.41, 5.74) is 0. The van der Waals surface area contributed by atoms with Gasteiger partial charge >= 0.3 is 0 Å². The van der Waals surface area contributed by atoms with Gasteiger partial charge in [-0.1, -0.05) is 42.8 Å². The molecular weight excluding hydrogens is 236 g/mol. The van der Waals surface area contributed by atoms with Crippen LogP contribution >= 0.6 is 11.6 Å². The Labute approximate surface area is 105 Å². The summed E-state index contributed by atoms with van der Waals surface area (Å²) >= 11 is 5.98. The lowest BCUT2D eigenvalue weighted by atomic mass is 10.1. The predicted octanol–water partition coefficient (Wildman–Crippen LogP) is 3.07. The molecular formula is C13H15ClN2O. The summed E-state index contributed by atoms with van der Waals surface area (Å²) in [6.07, 6.45) is 0.832. The molecule has 0 saturated carbocycles. The zero-order chi connectivity index (χ0) is 12.3. The molecule has 90 valence electrons. The Morgan fingerprint density at radius 1 is 1.41 bits per heavy atom. The molecule has 0 fully saturated rings. The molecule has 0 amide bonds. The Bertz CT molecular complexity index is 512. The van der Waals surface area contributed by atoms with Crippen molar-refractivity contribution < 1.29 is 5.11 Å². The van der Waals surface area contributed by atoms with Gasteiger partial charge in [0.15, 0.2) is 0 Å². The van der Waals surface area contributed by atoms with Gasteiger partial charge in [0.05, 0.1) is 12.6 Å². The molecule has 0 aliphatic rings. The highest BCUT2D eigenvalue weighted by Gasteiger charge is 2.09. The molecule has 0 radical (unpaired) electrons. The lowest BCUT2D eigenvalue weighted by Gasteiger charge is -2.16. The highest BCUT2D eigenvalue weighted by molar-refractivity contribution is 6.30. The zero-order valence-corrected chi connectivity index (χ0v) is 10.4. The Morgan fingerprint density at radius 3 is 2.88 bits per heavy atom. The van der Waals surface area contributed by atoms with Crippen LogP contribution in [0.15, 0.2) is 30.3 Å². The Hall–Kier alpha value is -1.32. The molecule has 1 unspecified atom stereocenters. The van der Waals surface area contributed by atoms with Crippen LogP contribution in [0, 0.1) is 0 Å².